The Morgan fingerprint density at radius 3 is 2.49 bits per heavy atom. The van der Waals surface area contributed by atoms with Crippen molar-refractivity contribution < 1.29 is 14.3 Å². The van der Waals surface area contributed by atoms with Crippen LogP contribution in [0.5, 0.6) is 5.75 Å². The van der Waals surface area contributed by atoms with Crippen molar-refractivity contribution >= 4 is 6.09 Å². The third-order valence-corrected chi connectivity index (χ3v) is 8.67. The highest BCUT2D eigenvalue weighted by molar-refractivity contribution is 5.70. The molecule has 2 aromatic rings. The molecule has 3 aliphatic heterocycles. The summed E-state index contributed by atoms with van der Waals surface area (Å²) in [5.74, 6) is 1.41. The first-order valence-corrected chi connectivity index (χ1v) is 13.5. The number of ether oxygens (including phenoxy) is 2. The summed E-state index contributed by atoms with van der Waals surface area (Å²) in [7, 11) is 0. The summed E-state index contributed by atoms with van der Waals surface area (Å²) >= 11 is 0. The van der Waals surface area contributed by atoms with Gasteiger partial charge >= 0.3 is 6.09 Å². The topological polar surface area (TPSA) is 50.8 Å². The van der Waals surface area contributed by atoms with E-state index in [0.717, 1.165) is 63.1 Å². The fourth-order valence-corrected chi connectivity index (χ4v) is 6.53. The molecule has 1 aliphatic carbocycles. The van der Waals surface area contributed by atoms with Gasteiger partial charge in [0.15, 0.2) is 0 Å². The summed E-state index contributed by atoms with van der Waals surface area (Å²) in [4.78, 5) is 15.5. The molecule has 1 N–H and O–H groups in total. The Morgan fingerprint density at radius 1 is 1.09 bits per heavy atom. The number of piperidine rings is 3. The number of hydrogen-bond acceptors (Lipinski definition) is 4. The molecule has 5 nitrogen and oxygen atoms in total. The molecule has 3 heterocycles. The van der Waals surface area contributed by atoms with Gasteiger partial charge in [0.25, 0.3) is 0 Å². The molecule has 0 spiro atoms. The number of rotatable bonds is 7. The molecule has 1 amide bonds. The number of alkyl carbamates (subject to hydrolysis) is 1. The average Bonchev–Trinajstić information content (AvgIpc) is 3.17. The van der Waals surface area contributed by atoms with Gasteiger partial charge < -0.3 is 14.8 Å². The molecule has 0 radical (unpaired) electrons. The fraction of sp³-hybridized carbons (Fsp3) is 0.567. The van der Waals surface area contributed by atoms with Crippen LogP contribution in [0.15, 0.2) is 42.5 Å². The smallest absolute Gasteiger partial charge is 0.407 e. The molecule has 2 aromatic carbocycles. The molecule has 3 saturated heterocycles. The van der Waals surface area contributed by atoms with Crippen molar-refractivity contribution in [2.24, 2.45) is 11.3 Å². The van der Waals surface area contributed by atoms with Gasteiger partial charge in [0.2, 0.25) is 0 Å². The van der Waals surface area contributed by atoms with Gasteiger partial charge in [0.05, 0.1) is 12.1 Å². The van der Waals surface area contributed by atoms with E-state index in [4.69, 9.17) is 9.47 Å². The second kappa shape index (κ2) is 9.85. The predicted octanol–water partition coefficient (Wildman–Crippen LogP) is 6.36. The third kappa shape index (κ3) is 4.80. The highest BCUT2D eigenvalue weighted by atomic mass is 16.6. The molecule has 188 valence electrons. The van der Waals surface area contributed by atoms with Gasteiger partial charge in [-0.3, -0.25) is 4.90 Å². The molecule has 6 rings (SSSR count). The molecule has 0 aromatic heterocycles. The van der Waals surface area contributed by atoms with Gasteiger partial charge in [-0.15, -0.1) is 0 Å². The van der Waals surface area contributed by atoms with Crippen molar-refractivity contribution in [2.75, 3.05) is 19.6 Å². The quantitative estimate of drug-likeness (QED) is 0.505. The van der Waals surface area contributed by atoms with Crippen LogP contribution in [0.25, 0.3) is 11.1 Å². The van der Waals surface area contributed by atoms with Crippen molar-refractivity contribution in [3.8, 4) is 16.9 Å². The number of carbonyl (C=O) groups excluding carboxylic acids is 1. The molecule has 2 atom stereocenters. The Balaban J connectivity index is 1.37. The van der Waals surface area contributed by atoms with E-state index in [1.807, 2.05) is 19.9 Å². The lowest BCUT2D eigenvalue weighted by Crippen LogP contribution is -2.53. The Bertz CT molecular complexity index is 1050. The number of fused-ring (bicyclic) bond motifs is 4. The zero-order valence-electron chi connectivity index (χ0n) is 21.7. The molecular formula is C30H40N2O3. The maximum absolute atomic E-state index is 13.1. The number of benzene rings is 2. The zero-order valence-corrected chi connectivity index (χ0v) is 21.7. The fourth-order valence-electron chi connectivity index (χ4n) is 6.53. The number of amides is 1. The number of carbonyl (C=O) groups is 1. The first-order chi connectivity index (χ1) is 16.9. The van der Waals surface area contributed by atoms with E-state index in [-0.39, 0.29) is 29.8 Å². The number of nitrogens with one attached hydrogen (secondary N) is 1. The van der Waals surface area contributed by atoms with E-state index in [9.17, 15) is 4.79 Å². The largest absolute Gasteiger partial charge is 0.491 e. The first kappa shape index (κ1) is 24.2. The summed E-state index contributed by atoms with van der Waals surface area (Å²) in [5, 5.41) is 3.32. The van der Waals surface area contributed by atoms with Crippen LogP contribution < -0.4 is 10.1 Å². The monoisotopic (exact) mass is 476 g/mol. The molecule has 4 aliphatic rings. The predicted molar refractivity (Wildman–Crippen MR) is 140 cm³/mol. The van der Waals surface area contributed by atoms with Crippen LogP contribution in [0.4, 0.5) is 4.79 Å². The normalized spacial score (nSPS) is 26.4. The number of hydrogen-bond donors (Lipinski definition) is 1. The van der Waals surface area contributed by atoms with E-state index in [1.54, 1.807) is 0 Å². The van der Waals surface area contributed by atoms with E-state index >= 15 is 0 Å². The third-order valence-electron chi connectivity index (χ3n) is 8.67. The average molecular weight is 477 g/mol. The van der Waals surface area contributed by atoms with Crippen LogP contribution in [-0.2, 0) is 11.2 Å². The lowest BCUT2D eigenvalue weighted by molar-refractivity contribution is -0.0353. The summed E-state index contributed by atoms with van der Waals surface area (Å²) in [6.45, 7) is 11.8. The maximum Gasteiger partial charge on any atom is 0.407 e. The van der Waals surface area contributed by atoms with E-state index in [2.05, 4.69) is 60.5 Å². The highest BCUT2D eigenvalue weighted by Gasteiger charge is 2.45. The summed E-state index contributed by atoms with van der Waals surface area (Å²) < 4.78 is 11.9. The SMILES string of the molecule is CCC1(CC)Cc2cc(-c3cccc(OC(C)C)c3)ccc2C1NC(=O)O[C@@H]1CN2CCC1CC2. The maximum atomic E-state index is 13.1. The Kier molecular flexibility index (Phi) is 6.80. The Hall–Kier alpha value is -2.53. The minimum Gasteiger partial charge on any atom is -0.491 e. The van der Waals surface area contributed by atoms with Crippen molar-refractivity contribution in [2.45, 2.75) is 78.0 Å². The van der Waals surface area contributed by atoms with E-state index in [0.29, 0.717) is 5.92 Å². The van der Waals surface area contributed by atoms with Gasteiger partial charge in [-0.2, -0.15) is 0 Å². The Morgan fingerprint density at radius 2 is 1.83 bits per heavy atom. The molecule has 1 unspecified atom stereocenters. The van der Waals surface area contributed by atoms with Crippen LogP contribution in [0, 0.1) is 11.3 Å². The molecule has 5 heteroatoms. The van der Waals surface area contributed by atoms with Gasteiger partial charge in [-0.25, -0.2) is 4.79 Å². The summed E-state index contributed by atoms with van der Waals surface area (Å²) in [6.07, 6.45) is 5.19. The summed E-state index contributed by atoms with van der Waals surface area (Å²) in [6, 6.07) is 15.0. The lowest BCUT2D eigenvalue weighted by atomic mass is 9.76. The van der Waals surface area contributed by atoms with Crippen molar-refractivity contribution in [1.82, 2.24) is 10.2 Å². The van der Waals surface area contributed by atoms with E-state index < -0.39 is 0 Å². The molecule has 35 heavy (non-hydrogen) atoms. The van der Waals surface area contributed by atoms with Crippen molar-refractivity contribution in [1.29, 1.82) is 0 Å². The van der Waals surface area contributed by atoms with Crippen LogP contribution in [0.2, 0.25) is 0 Å². The van der Waals surface area contributed by atoms with Gasteiger partial charge in [-0.1, -0.05) is 44.2 Å². The molecule has 3 fully saturated rings. The highest BCUT2D eigenvalue weighted by Crippen LogP contribution is 2.51. The zero-order chi connectivity index (χ0) is 24.6. The molecule has 2 bridgehead atoms. The van der Waals surface area contributed by atoms with Crippen LogP contribution in [-0.4, -0.2) is 42.8 Å². The number of nitrogens with zero attached hydrogens (tertiary/aromatic N) is 1. The summed E-state index contributed by atoms with van der Waals surface area (Å²) in [5.41, 5.74) is 4.92. The molecular weight excluding hydrogens is 436 g/mol. The van der Waals surface area contributed by atoms with Crippen molar-refractivity contribution in [3.63, 3.8) is 0 Å². The van der Waals surface area contributed by atoms with Crippen molar-refractivity contribution in [3.05, 3.63) is 53.6 Å². The molecule has 0 saturated carbocycles. The standard InChI is InChI=1S/C30H40N2O3/c1-5-30(6-2)18-24-16-23(22-8-7-9-25(17-22)34-20(3)4)10-11-26(24)28(30)31-29(33)35-27-19-32-14-12-21(27)13-15-32/h7-11,16-17,20-21,27-28H,5-6,12-15,18-19H2,1-4H3,(H,31,33)/t27-,28?/m1/s1. The van der Waals surface area contributed by atoms with Crippen LogP contribution >= 0.6 is 0 Å². The second-order valence-electron chi connectivity index (χ2n) is 11.0. The van der Waals surface area contributed by atoms with Gasteiger partial charge in [0.1, 0.15) is 11.9 Å². The van der Waals surface area contributed by atoms with Gasteiger partial charge in [-0.05, 0) is 105 Å². The van der Waals surface area contributed by atoms with Crippen LogP contribution in [0.1, 0.15) is 70.5 Å². The Labute approximate surface area is 210 Å². The first-order valence-electron chi connectivity index (χ1n) is 13.5. The van der Waals surface area contributed by atoms with E-state index in [1.165, 1.54) is 16.7 Å². The minimum atomic E-state index is -0.254. The minimum absolute atomic E-state index is 0.0116. The lowest BCUT2D eigenvalue weighted by Gasteiger charge is -2.44. The second-order valence-corrected chi connectivity index (χ2v) is 11.0. The van der Waals surface area contributed by atoms with Gasteiger partial charge in [0, 0.05) is 6.54 Å². The van der Waals surface area contributed by atoms with Crippen LogP contribution in [0.3, 0.4) is 0 Å².